The number of hydrogen-bond donors (Lipinski definition) is 2. The molecule has 0 unspecified atom stereocenters. The van der Waals surface area contributed by atoms with Crippen molar-refractivity contribution in [1.82, 2.24) is 5.32 Å². The van der Waals surface area contributed by atoms with Crippen LogP contribution >= 0.6 is 0 Å². The van der Waals surface area contributed by atoms with Gasteiger partial charge in [-0.1, -0.05) is 46.2 Å². The fourth-order valence-electron chi connectivity index (χ4n) is 1.91. The molecule has 0 aromatic heterocycles. The van der Waals surface area contributed by atoms with E-state index < -0.39 is 12.0 Å². The summed E-state index contributed by atoms with van der Waals surface area (Å²) in [4.78, 5) is 23.0. The van der Waals surface area contributed by atoms with Crippen molar-refractivity contribution in [3.63, 3.8) is 0 Å². The average molecular weight is 277 g/mol. The minimum absolute atomic E-state index is 0.0286. The Balaban J connectivity index is 2.80. The maximum atomic E-state index is 12.0. The van der Waals surface area contributed by atoms with Gasteiger partial charge < -0.3 is 10.4 Å². The maximum absolute atomic E-state index is 12.0. The number of rotatable bonds is 5. The molecule has 0 saturated heterocycles. The minimum atomic E-state index is -0.994. The standard InChI is InChI=1S/C16H23NO3/c1-5-6-13(15(19)20)17-14(18)11-7-9-12(10-8-11)16(2,3)4/h7-10,13H,5-6H2,1-4H3,(H,17,18)(H,19,20)/t13-/m0/s1. The van der Waals surface area contributed by atoms with Crippen LogP contribution in [0.25, 0.3) is 0 Å². The van der Waals surface area contributed by atoms with Crippen LogP contribution in [0.4, 0.5) is 0 Å². The third-order valence-corrected chi connectivity index (χ3v) is 3.19. The van der Waals surface area contributed by atoms with Crippen LogP contribution in [-0.2, 0) is 10.2 Å². The van der Waals surface area contributed by atoms with Crippen LogP contribution in [0.1, 0.15) is 56.5 Å². The number of carbonyl (C=O) groups is 2. The van der Waals surface area contributed by atoms with Gasteiger partial charge in [0, 0.05) is 5.56 Å². The van der Waals surface area contributed by atoms with Crippen LogP contribution in [0, 0.1) is 0 Å². The molecule has 1 rings (SSSR count). The second kappa shape index (κ2) is 6.55. The van der Waals surface area contributed by atoms with Gasteiger partial charge in [0.15, 0.2) is 0 Å². The fourth-order valence-corrected chi connectivity index (χ4v) is 1.91. The van der Waals surface area contributed by atoms with E-state index in [-0.39, 0.29) is 11.3 Å². The average Bonchev–Trinajstić information content (AvgIpc) is 2.37. The molecule has 4 heteroatoms. The van der Waals surface area contributed by atoms with Crippen LogP contribution < -0.4 is 5.32 Å². The van der Waals surface area contributed by atoms with E-state index in [1.54, 1.807) is 12.1 Å². The number of carboxylic acid groups (broad SMARTS) is 1. The molecule has 0 radical (unpaired) electrons. The van der Waals surface area contributed by atoms with Gasteiger partial charge in [-0.05, 0) is 29.5 Å². The number of carbonyl (C=O) groups excluding carboxylic acids is 1. The summed E-state index contributed by atoms with van der Waals surface area (Å²) in [7, 11) is 0. The Hall–Kier alpha value is -1.84. The Kier molecular flexibility index (Phi) is 5.31. The quantitative estimate of drug-likeness (QED) is 0.869. The molecule has 110 valence electrons. The van der Waals surface area contributed by atoms with Crippen LogP contribution in [0.15, 0.2) is 24.3 Å². The zero-order valence-corrected chi connectivity index (χ0v) is 12.6. The molecule has 4 nitrogen and oxygen atoms in total. The van der Waals surface area contributed by atoms with Crippen LogP contribution in [0.5, 0.6) is 0 Å². The summed E-state index contributed by atoms with van der Waals surface area (Å²) in [5.41, 5.74) is 1.65. The highest BCUT2D eigenvalue weighted by molar-refractivity contribution is 5.96. The summed E-state index contributed by atoms with van der Waals surface area (Å²) in [5, 5.41) is 11.6. The first-order chi connectivity index (χ1) is 9.25. The molecule has 0 aliphatic heterocycles. The molecule has 0 aliphatic rings. The van der Waals surface area contributed by atoms with Gasteiger partial charge in [0.25, 0.3) is 5.91 Å². The molecule has 1 amide bonds. The second-order valence-corrected chi connectivity index (χ2v) is 5.98. The van der Waals surface area contributed by atoms with Gasteiger partial charge in [0.1, 0.15) is 6.04 Å². The SMILES string of the molecule is CCC[C@H](NC(=O)c1ccc(C(C)(C)C)cc1)C(=O)O. The van der Waals surface area contributed by atoms with Gasteiger partial charge in [-0.3, -0.25) is 4.79 Å². The van der Waals surface area contributed by atoms with Crippen molar-refractivity contribution in [3.05, 3.63) is 35.4 Å². The zero-order chi connectivity index (χ0) is 15.3. The number of nitrogens with one attached hydrogen (secondary N) is 1. The lowest BCUT2D eigenvalue weighted by atomic mass is 9.86. The monoisotopic (exact) mass is 277 g/mol. The lowest BCUT2D eigenvalue weighted by Crippen LogP contribution is -2.40. The summed E-state index contributed by atoms with van der Waals surface area (Å²) < 4.78 is 0. The van der Waals surface area contributed by atoms with Gasteiger partial charge in [0.2, 0.25) is 0 Å². The van der Waals surface area contributed by atoms with E-state index in [1.807, 2.05) is 19.1 Å². The molecule has 0 fully saturated rings. The van der Waals surface area contributed by atoms with Gasteiger partial charge >= 0.3 is 5.97 Å². The summed E-state index contributed by atoms with van der Waals surface area (Å²) in [6, 6.07) is 6.46. The van der Waals surface area contributed by atoms with Gasteiger partial charge in [0.05, 0.1) is 0 Å². The molecule has 1 aromatic carbocycles. The Morgan fingerprint density at radius 1 is 1.20 bits per heavy atom. The Morgan fingerprint density at radius 3 is 2.15 bits per heavy atom. The number of aliphatic carboxylic acids is 1. The smallest absolute Gasteiger partial charge is 0.326 e. The van der Waals surface area contributed by atoms with Crippen LogP contribution in [-0.4, -0.2) is 23.0 Å². The first kappa shape index (κ1) is 16.2. The molecule has 20 heavy (non-hydrogen) atoms. The molecule has 0 saturated carbocycles. The molecular formula is C16H23NO3. The van der Waals surface area contributed by atoms with Crippen molar-refractivity contribution in [2.45, 2.75) is 52.0 Å². The third kappa shape index (κ3) is 4.37. The largest absolute Gasteiger partial charge is 0.480 e. The Labute approximate surface area is 120 Å². The Bertz CT molecular complexity index is 471. The normalized spacial score (nSPS) is 12.8. The van der Waals surface area contributed by atoms with E-state index in [9.17, 15) is 9.59 Å². The first-order valence-corrected chi connectivity index (χ1v) is 6.90. The Morgan fingerprint density at radius 2 is 1.75 bits per heavy atom. The lowest BCUT2D eigenvalue weighted by molar-refractivity contribution is -0.139. The predicted octanol–water partition coefficient (Wildman–Crippen LogP) is 2.97. The highest BCUT2D eigenvalue weighted by atomic mass is 16.4. The topological polar surface area (TPSA) is 66.4 Å². The third-order valence-electron chi connectivity index (χ3n) is 3.19. The van der Waals surface area contributed by atoms with Crippen molar-refractivity contribution in [1.29, 1.82) is 0 Å². The number of amides is 1. The van der Waals surface area contributed by atoms with Gasteiger partial charge in [-0.2, -0.15) is 0 Å². The molecule has 1 aromatic rings. The summed E-state index contributed by atoms with van der Waals surface area (Å²) >= 11 is 0. The minimum Gasteiger partial charge on any atom is -0.480 e. The summed E-state index contributed by atoms with van der Waals surface area (Å²) in [6.45, 7) is 8.19. The van der Waals surface area contributed by atoms with E-state index in [2.05, 4.69) is 26.1 Å². The number of carboxylic acids is 1. The molecule has 0 bridgehead atoms. The van der Waals surface area contributed by atoms with Gasteiger partial charge in [-0.25, -0.2) is 4.79 Å². The predicted molar refractivity (Wildman–Crippen MR) is 78.9 cm³/mol. The van der Waals surface area contributed by atoms with Crippen molar-refractivity contribution >= 4 is 11.9 Å². The van der Waals surface area contributed by atoms with Crippen molar-refractivity contribution in [2.75, 3.05) is 0 Å². The molecule has 0 aliphatic carbocycles. The summed E-state index contributed by atoms with van der Waals surface area (Å²) in [5.74, 6) is -1.34. The van der Waals surface area contributed by atoms with Crippen LogP contribution in [0.3, 0.4) is 0 Å². The molecule has 0 heterocycles. The number of benzene rings is 1. The summed E-state index contributed by atoms with van der Waals surface area (Å²) in [6.07, 6.45) is 1.14. The zero-order valence-electron chi connectivity index (χ0n) is 12.6. The molecule has 1 atom stereocenters. The highest BCUT2D eigenvalue weighted by Crippen LogP contribution is 2.22. The molecule has 2 N–H and O–H groups in total. The van der Waals surface area contributed by atoms with E-state index in [1.165, 1.54) is 0 Å². The number of hydrogen-bond acceptors (Lipinski definition) is 2. The van der Waals surface area contributed by atoms with E-state index in [4.69, 9.17) is 5.11 Å². The van der Waals surface area contributed by atoms with Crippen molar-refractivity contribution < 1.29 is 14.7 Å². The van der Waals surface area contributed by atoms with Gasteiger partial charge in [-0.15, -0.1) is 0 Å². The first-order valence-electron chi connectivity index (χ1n) is 6.90. The molecular weight excluding hydrogens is 254 g/mol. The van der Waals surface area contributed by atoms with Crippen LogP contribution in [0.2, 0.25) is 0 Å². The van der Waals surface area contributed by atoms with E-state index in [0.29, 0.717) is 18.4 Å². The molecule has 0 spiro atoms. The highest BCUT2D eigenvalue weighted by Gasteiger charge is 2.20. The van der Waals surface area contributed by atoms with Crippen molar-refractivity contribution in [2.24, 2.45) is 0 Å². The second-order valence-electron chi connectivity index (χ2n) is 5.98. The van der Waals surface area contributed by atoms with Crippen molar-refractivity contribution in [3.8, 4) is 0 Å². The lowest BCUT2D eigenvalue weighted by Gasteiger charge is -2.19. The maximum Gasteiger partial charge on any atom is 0.326 e. The van der Waals surface area contributed by atoms with E-state index in [0.717, 1.165) is 5.56 Å². The fraction of sp³-hybridized carbons (Fsp3) is 0.500. The van der Waals surface area contributed by atoms with E-state index >= 15 is 0 Å².